The third kappa shape index (κ3) is 4.24. The molecule has 0 amide bonds. The molecule has 0 unspecified atom stereocenters. The Kier molecular flexibility index (Phi) is 5.48. The number of rotatable bonds is 7. The normalized spacial score (nSPS) is 15.3. The Morgan fingerprint density at radius 1 is 1.14 bits per heavy atom. The molecule has 0 aliphatic carbocycles. The number of carboxylic acid groups (broad SMARTS) is 1. The van der Waals surface area contributed by atoms with Crippen molar-refractivity contribution in [1.82, 2.24) is 14.9 Å². The molecule has 0 N–H and O–H groups in total. The molecule has 2 aromatic carbocycles. The number of benzene rings is 2. The maximum absolute atomic E-state index is 11.2. The van der Waals surface area contributed by atoms with Crippen LogP contribution in [0.4, 0.5) is 0 Å². The fraction of sp³-hybridized carbons (Fsp3) is 0.200. The number of nitrogens with zero attached hydrogens (tertiary/aromatic N) is 4. The van der Waals surface area contributed by atoms with Gasteiger partial charge in [0.15, 0.2) is 5.82 Å². The standard InChI is InChI=1S/C20H18N4O4S/c1-27-14-8-5-9-15(10-14)28-12-17-21-22-20-24(17)23-19(13-6-3-2-4-7-13)16(29-20)11-18(25)26/h2-10,16H,11-12H2,1H3,(H,25,26)/p-1/t16-/m0/s1. The second-order valence-electron chi connectivity index (χ2n) is 6.21. The Labute approximate surface area is 171 Å². The Morgan fingerprint density at radius 2 is 1.93 bits per heavy atom. The predicted octanol–water partition coefficient (Wildman–Crippen LogP) is 1.73. The quantitative estimate of drug-likeness (QED) is 0.586. The van der Waals surface area contributed by atoms with Crippen LogP contribution in [0.5, 0.6) is 11.5 Å². The molecular formula is C20H17N4O4S-. The van der Waals surface area contributed by atoms with E-state index >= 15 is 0 Å². The summed E-state index contributed by atoms with van der Waals surface area (Å²) in [6, 6.07) is 16.7. The summed E-state index contributed by atoms with van der Waals surface area (Å²) in [6.45, 7) is 0.150. The Balaban J connectivity index is 1.62. The SMILES string of the molecule is COc1cccc(OCc2nnc3n2N=C(c2ccccc2)[C@H](CC(=O)[O-])S3)c1. The maximum atomic E-state index is 11.2. The lowest BCUT2D eigenvalue weighted by Gasteiger charge is -2.23. The van der Waals surface area contributed by atoms with Gasteiger partial charge >= 0.3 is 0 Å². The van der Waals surface area contributed by atoms with E-state index < -0.39 is 11.2 Å². The third-order valence-electron chi connectivity index (χ3n) is 4.27. The van der Waals surface area contributed by atoms with Crippen LogP contribution in [0.3, 0.4) is 0 Å². The number of methoxy groups -OCH3 is 1. The number of hydrogen-bond donors (Lipinski definition) is 0. The van der Waals surface area contributed by atoms with Gasteiger partial charge in [-0.15, -0.1) is 10.2 Å². The Morgan fingerprint density at radius 3 is 2.69 bits per heavy atom. The number of carbonyl (C=O) groups is 1. The number of carboxylic acids is 1. The van der Waals surface area contributed by atoms with Crippen LogP contribution in [0.25, 0.3) is 0 Å². The van der Waals surface area contributed by atoms with Crippen molar-refractivity contribution in [2.75, 3.05) is 7.11 Å². The van der Waals surface area contributed by atoms with E-state index in [0.29, 0.717) is 28.2 Å². The van der Waals surface area contributed by atoms with Gasteiger partial charge in [0.2, 0.25) is 5.16 Å². The van der Waals surface area contributed by atoms with Gasteiger partial charge in [-0.2, -0.15) is 9.78 Å². The molecule has 1 aliphatic rings. The molecule has 29 heavy (non-hydrogen) atoms. The summed E-state index contributed by atoms with van der Waals surface area (Å²) < 4.78 is 12.6. The van der Waals surface area contributed by atoms with E-state index in [2.05, 4.69) is 15.3 Å². The van der Waals surface area contributed by atoms with E-state index in [1.54, 1.807) is 17.9 Å². The number of carbonyl (C=O) groups excluding carboxylic acids is 1. The first kappa shape index (κ1) is 19.0. The van der Waals surface area contributed by atoms with Gasteiger partial charge in [-0.1, -0.05) is 48.2 Å². The summed E-state index contributed by atoms with van der Waals surface area (Å²) in [7, 11) is 1.59. The van der Waals surface area contributed by atoms with Crippen LogP contribution < -0.4 is 14.6 Å². The first-order valence-corrected chi connectivity index (χ1v) is 9.74. The fourth-order valence-electron chi connectivity index (χ4n) is 2.90. The molecule has 8 nitrogen and oxygen atoms in total. The van der Waals surface area contributed by atoms with E-state index in [9.17, 15) is 9.90 Å². The molecule has 0 radical (unpaired) electrons. The predicted molar refractivity (Wildman–Crippen MR) is 105 cm³/mol. The van der Waals surface area contributed by atoms with Crippen molar-refractivity contribution in [3.8, 4) is 11.5 Å². The van der Waals surface area contributed by atoms with Crippen LogP contribution in [0.15, 0.2) is 64.9 Å². The van der Waals surface area contributed by atoms with Gasteiger partial charge < -0.3 is 19.4 Å². The first-order chi connectivity index (χ1) is 14.1. The van der Waals surface area contributed by atoms with Gasteiger partial charge in [0.25, 0.3) is 0 Å². The molecule has 1 aliphatic heterocycles. The molecule has 3 aromatic rings. The lowest BCUT2D eigenvalue weighted by Crippen LogP contribution is -2.33. The van der Waals surface area contributed by atoms with E-state index in [0.717, 1.165) is 5.56 Å². The number of fused-ring (bicyclic) bond motifs is 1. The third-order valence-corrected chi connectivity index (χ3v) is 5.41. The largest absolute Gasteiger partial charge is 0.550 e. The molecule has 1 atom stereocenters. The average molecular weight is 409 g/mol. The van der Waals surface area contributed by atoms with Crippen molar-refractivity contribution in [3.05, 3.63) is 66.0 Å². The summed E-state index contributed by atoms with van der Waals surface area (Å²) in [5, 5.41) is 24.3. The highest BCUT2D eigenvalue weighted by Gasteiger charge is 2.29. The summed E-state index contributed by atoms with van der Waals surface area (Å²) in [5.41, 5.74) is 1.47. The highest BCUT2D eigenvalue weighted by molar-refractivity contribution is 8.00. The lowest BCUT2D eigenvalue weighted by atomic mass is 10.1. The zero-order valence-electron chi connectivity index (χ0n) is 15.5. The number of thioether (sulfide) groups is 1. The molecule has 1 aromatic heterocycles. The minimum Gasteiger partial charge on any atom is -0.550 e. The Hall–Kier alpha value is -3.33. The molecule has 9 heteroatoms. The highest BCUT2D eigenvalue weighted by Crippen LogP contribution is 2.32. The minimum atomic E-state index is -1.14. The summed E-state index contributed by atoms with van der Waals surface area (Å²) in [4.78, 5) is 11.2. The van der Waals surface area contributed by atoms with Gasteiger partial charge in [0, 0.05) is 18.5 Å². The topological polar surface area (TPSA) is 102 Å². The van der Waals surface area contributed by atoms with Crippen LogP contribution in [-0.4, -0.2) is 38.9 Å². The van der Waals surface area contributed by atoms with Gasteiger partial charge in [0.05, 0.1) is 18.1 Å². The van der Waals surface area contributed by atoms with E-state index in [4.69, 9.17) is 9.47 Å². The minimum absolute atomic E-state index is 0.150. The monoisotopic (exact) mass is 409 g/mol. The second kappa shape index (κ2) is 8.36. The lowest BCUT2D eigenvalue weighted by molar-refractivity contribution is -0.305. The van der Waals surface area contributed by atoms with Crippen LogP contribution in [0.1, 0.15) is 17.8 Å². The van der Waals surface area contributed by atoms with E-state index in [-0.39, 0.29) is 13.0 Å². The van der Waals surface area contributed by atoms with Gasteiger partial charge in [-0.25, -0.2) is 0 Å². The van der Waals surface area contributed by atoms with Crippen LogP contribution in [0, 0.1) is 0 Å². The van der Waals surface area contributed by atoms with Crippen molar-refractivity contribution in [2.45, 2.75) is 23.4 Å². The molecule has 0 saturated heterocycles. The van der Waals surface area contributed by atoms with Crippen LogP contribution >= 0.6 is 11.8 Å². The molecule has 4 rings (SSSR count). The van der Waals surface area contributed by atoms with Crippen molar-refractivity contribution in [1.29, 1.82) is 0 Å². The first-order valence-electron chi connectivity index (χ1n) is 8.86. The van der Waals surface area contributed by atoms with Crippen LogP contribution in [-0.2, 0) is 11.4 Å². The van der Waals surface area contributed by atoms with Crippen molar-refractivity contribution in [2.24, 2.45) is 5.10 Å². The highest BCUT2D eigenvalue weighted by atomic mass is 32.2. The molecule has 2 heterocycles. The molecule has 148 valence electrons. The van der Waals surface area contributed by atoms with E-state index in [1.165, 1.54) is 11.8 Å². The molecule has 0 saturated carbocycles. The maximum Gasteiger partial charge on any atom is 0.212 e. The van der Waals surface area contributed by atoms with Crippen molar-refractivity contribution < 1.29 is 19.4 Å². The van der Waals surface area contributed by atoms with E-state index in [1.807, 2.05) is 48.5 Å². The summed E-state index contributed by atoms with van der Waals surface area (Å²) in [5.74, 6) is 0.694. The number of aliphatic carboxylic acids is 1. The number of aromatic nitrogens is 3. The summed E-state index contributed by atoms with van der Waals surface area (Å²) >= 11 is 1.30. The fourth-order valence-corrected chi connectivity index (χ4v) is 4.00. The van der Waals surface area contributed by atoms with Gasteiger partial charge in [0.1, 0.15) is 18.1 Å². The molecule has 0 fully saturated rings. The molecular weight excluding hydrogens is 392 g/mol. The molecule has 0 spiro atoms. The Bertz CT molecular complexity index is 1050. The van der Waals surface area contributed by atoms with Crippen LogP contribution in [0.2, 0.25) is 0 Å². The van der Waals surface area contributed by atoms with Gasteiger partial charge in [-0.05, 0) is 17.7 Å². The second-order valence-corrected chi connectivity index (χ2v) is 7.38. The number of hydrogen-bond acceptors (Lipinski definition) is 8. The zero-order valence-corrected chi connectivity index (χ0v) is 16.3. The average Bonchev–Trinajstić information content (AvgIpc) is 3.14. The molecule has 0 bridgehead atoms. The van der Waals surface area contributed by atoms with Gasteiger partial charge in [-0.3, -0.25) is 0 Å². The van der Waals surface area contributed by atoms with Crippen molar-refractivity contribution >= 4 is 23.4 Å². The zero-order chi connectivity index (χ0) is 20.2. The summed E-state index contributed by atoms with van der Waals surface area (Å²) in [6.07, 6.45) is -0.166. The smallest absolute Gasteiger partial charge is 0.212 e. The number of ether oxygens (including phenoxy) is 2. The van der Waals surface area contributed by atoms with Crippen molar-refractivity contribution in [3.63, 3.8) is 0 Å².